The largest absolute Gasteiger partial charge is 0.394 e. The number of piperidine rings is 1. The Labute approximate surface area is 179 Å². The summed E-state index contributed by atoms with van der Waals surface area (Å²) in [6.45, 7) is 0.280. The Morgan fingerprint density at radius 1 is 1.17 bits per heavy atom. The maximum Gasteiger partial charge on any atom is 0.251 e. The van der Waals surface area contributed by atoms with Gasteiger partial charge in [-0.25, -0.2) is 4.98 Å². The molecule has 2 heterocycles. The number of hydrogen-bond donors (Lipinski definition) is 3. The van der Waals surface area contributed by atoms with Crippen molar-refractivity contribution in [2.75, 3.05) is 23.4 Å². The normalized spacial score (nSPS) is 14.9. The molecule has 1 atom stereocenters. The number of rotatable bonds is 7. The molecule has 3 rings (SSSR count). The Morgan fingerprint density at radius 2 is 1.93 bits per heavy atom. The molecule has 2 aromatic rings. The van der Waals surface area contributed by atoms with Gasteiger partial charge in [0.15, 0.2) is 0 Å². The zero-order valence-electron chi connectivity index (χ0n) is 16.3. The Bertz CT molecular complexity index is 902. The van der Waals surface area contributed by atoms with Gasteiger partial charge in [-0.1, -0.05) is 11.6 Å². The molecule has 1 saturated heterocycles. The summed E-state index contributed by atoms with van der Waals surface area (Å²) in [5.41, 5.74) is 1.13. The van der Waals surface area contributed by atoms with Crippen LogP contribution < -0.4 is 15.5 Å². The van der Waals surface area contributed by atoms with Crippen LogP contribution in [0.4, 0.5) is 11.5 Å². The fourth-order valence-corrected chi connectivity index (χ4v) is 3.28. The maximum atomic E-state index is 12.5. The molecule has 1 aliphatic rings. The van der Waals surface area contributed by atoms with Gasteiger partial charge >= 0.3 is 0 Å². The van der Waals surface area contributed by atoms with E-state index in [-0.39, 0.29) is 12.3 Å². The molecular formula is C21H23ClN4O4. The molecule has 3 amide bonds. The first kappa shape index (κ1) is 21.7. The Hall–Kier alpha value is -2.97. The van der Waals surface area contributed by atoms with E-state index in [4.69, 9.17) is 11.6 Å². The van der Waals surface area contributed by atoms with Crippen molar-refractivity contribution in [2.45, 2.75) is 31.7 Å². The number of halogens is 1. The van der Waals surface area contributed by atoms with Gasteiger partial charge in [-0.2, -0.15) is 0 Å². The van der Waals surface area contributed by atoms with Gasteiger partial charge < -0.3 is 20.6 Å². The second kappa shape index (κ2) is 10.2. The topological polar surface area (TPSA) is 112 Å². The number of amides is 3. The number of nitrogens with zero attached hydrogens (tertiary/aromatic N) is 2. The van der Waals surface area contributed by atoms with Crippen LogP contribution in [0.3, 0.4) is 0 Å². The number of pyridine rings is 1. The molecule has 1 fully saturated rings. The third-order valence-corrected chi connectivity index (χ3v) is 4.97. The molecule has 0 aliphatic carbocycles. The minimum absolute atomic E-state index is 0.0833. The summed E-state index contributed by atoms with van der Waals surface area (Å²) in [7, 11) is 0. The van der Waals surface area contributed by atoms with Gasteiger partial charge in [-0.15, -0.1) is 0 Å². The Balaban J connectivity index is 1.55. The van der Waals surface area contributed by atoms with Crippen LogP contribution in [0.25, 0.3) is 0 Å². The molecule has 158 valence electrons. The Kier molecular flexibility index (Phi) is 7.37. The highest BCUT2D eigenvalue weighted by molar-refractivity contribution is 6.30. The first-order valence-corrected chi connectivity index (χ1v) is 10.1. The smallest absolute Gasteiger partial charge is 0.251 e. The average molecular weight is 431 g/mol. The van der Waals surface area contributed by atoms with Gasteiger partial charge in [0.1, 0.15) is 5.82 Å². The molecule has 30 heavy (non-hydrogen) atoms. The second-order valence-corrected chi connectivity index (χ2v) is 7.45. The molecular weight excluding hydrogens is 408 g/mol. The number of benzene rings is 1. The first-order valence-electron chi connectivity index (χ1n) is 9.70. The lowest BCUT2D eigenvalue weighted by Gasteiger charge is -2.26. The number of aliphatic hydroxyl groups excluding tert-OH is 1. The van der Waals surface area contributed by atoms with E-state index in [2.05, 4.69) is 15.6 Å². The molecule has 0 bridgehead atoms. The van der Waals surface area contributed by atoms with Gasteiger partial charge in [-0.05, 0) is 49.2 Å². The molecule has 8 nitrogen and oxygen atoms in total. The van der Waals surface area contributed by atoms with Crippen molar-refractivity contribution < 1.29 is 19.5 Å². The zero-order chi connectivity index (χ0) is 21.5. The van der Waals surface area contributed by atoms with E-state index in [1.807, 2.05) is 0 Å². The molecule has 1 unspecified atom stereocenters. The first-order chi connectivity index (χ1) is 14.5. The second-order valence-electron chi connectivity index (χ2n) is 7.02. The van der Waals surface area contributed by atoms with Crippen molar-refractivity contribution >= 4 is 40.8 Å². The minimum atomic E-state index is -0.756. The van der Waals surface area contributed by atoms with E-state index in [0.717, 1.165) is 18.5 Å². The predicted octanol–water partition coefficient (Wildman–Crippen LogP) is 2.37. The Morgan fingerprint density at radius 3 is 2.57 bits per heavy atom. The highest BCUT2D eigenvalue weighted by atomic mass is 35.5. The van der Waals surface area contributed by atoms with Gasteiger partial charge in [0.2, 0.25) is 11.8 Å². The van der Waals surface area contributed by atoms with Crippen molar-refractivity contribution in [2.24, 2.45) is 0 Å². The van der Waals surface area contributed by atoms with E-state index in [1.165, 1.54) is 6.20 Å². The van der Waals surface area contributed by atoms with E-state index >= 15 is 0 Å². The fourth-order valence-electron chi connectivity index (χ4n) is 3.17. The molecule has 1 aliphatic heterocycles. The summed E-state index contributed by atoms with van der Waals surface area (Å²) in [4.78, 5) is 42.3. The molecule has 1 aromatic carbocycles. The molecule has 0 radical (unpaired) electrons. The van der Waals surface area contributed by atoms with E-state index in [9.17, 15) is 19.5 Å². The number of anilines is 2. The van der Waals surface area contributed by atoms with Crippen molar-refractivity contribution in [1.82, 2.24) is 10.3 Å². The van der Waals surface area contributed by atoms with Gasteiger partial charge in [-0.3, -0.25) is 14.4 Å². The van der Waals surface area contributed by atoms with Gasteiger partial charge in [0.05, 0.1) is 17.7 Å². The third kappa shape index (κ3) is 5.77. The molecule has 1 aromatic heterocycles. The quantitative estimate of drug-likeness (QED) is 0.624. The number of carbonyl (C=O) groups excluding carboxylic acids is 3. The number of carbonyl (C=O) groups is 3. The van der Waals surface area contributed by atoms with Gasteiger partial charge in [0, 0.05) is 36.8 Å². The van der Waals surface area contributed by atoms with E-state index in [0.29, 0.717) is 29.4 Å². The van der Waals surface area contributed by atoms with Crippen molar-refractivity contribution in [3.05, 3.63) is 53.2 Å². The van der Waals surface area contributed by atoms with Crippen molar-refractivity contribution in [1.29, 1.82) is 0 Å². The summed E-state index contributed by atoms with van der Waals surface area (Å²) < 4.78 is 0. The molecule has 3 N–H and O–H groups in total. The number of nitrogens with one attached hydrogen (secondary N) is 2. The fraction of sp³-hybridized carbons (Fsp3) is 0.333. The number of hydrogen-bond acceptors (Lipinski definition) is 5. The molecule has 0 spiro atoms. The maximum absolute atomic E-state index is 12.5. The summed E-state index contributed by atoms with van der Waals surface area (Å²) in [6, 6.07) is 9.10. The van der Waals surface area contributed by atoms with E-state index in [1.54, 1.807) is 41.3 Å². The van der Waals surface area contributed by atoms with Crippen LogP contribution in [0, 0.1) is 0 Å². The lowest BCUT2D eigenvalue weighted by molar-refractivity contribution is -0.119. The van der Waals surface area contributed by atoms with Crippen LogP contribution in [0.2, 0.25) is 5.02 Å². The summed E-state index contributed by atoms with van der Waals surface area (Å²) in [5.74, 6) is -0.402. The molecule has 0 saturated carbocycles. The molecule has 9 heteroatoms. The lowest BCUT2D eigenvalue weighted by Crippen LogP contribution is -2.40. The standard InChI is InChI=1S/C21H23ClN4O4/c22-15-6-9-18(23-12-15)25-19(28)11-16(13-27)24-21(30)14-4-7-17(8-5-14)26-10-2-1-3-20(26)29/h4-9,12,16,27H,1-3,10-11,13H2,(H,24,30)(H,23,25,28). The van der Waals surface area contributed by atoms with Crippen molar-refractivity contribution in [3.8, 4) is 0 Å². The third-order valence-electron chi connectivity index (χ3n) is 4.75. The van der Waals surface area contributed by atoms with Gasteiger partial charge in [0.25, 0.3) is 5.91 Å². The SMILES string of the molecule is O=C(CC(CO)NC(=O)c1ccc(N2CCCCC2=O)cc1)Nc1ccc(Cl)cn1. The summed E-state index contributed by atoms with van der Waals surface area (Å²) in [5, 5.41) is 15.2. The van der Waals surface area contributed by atoms with Crippen LogP contribution in [0.15, 0.2) is 42.6 Å². The van der Waals surface area contributed by atoms with Crippen molar-refractivity contribution in [3.63, 3.8) is 0 Å². The predicted molar refractivity (Wildman–Crippen MR) is 113 cm³/mol. The average Bonchev–Trinajstić information content (AvgIpc) is 2.75. The van der Waals surface area contributed by atoms with Crippen LogP contribution >= 0.6 is 11.6 Å². The van der Waals surface area contributed by atoms with Crippen LogP contribution in [-0.2, 0) is 9.59 Å². The highest BCUT2D eigenvalue weighted by Gasteiger charge is 2.21. The zero-order valence-corrected chi connectivity index (χ0v) is 17.1. The van der Waals surface area contributed by atoms with Crippen LogP contribution in [0.5, 0.6) is 0 Å². The highest BCUT2D eigenvalue weighted by Crippen LogP contribution is 2.21. The number of aliphatic hydroxyl groups is 1. The summed E-state index contributed by atoms with van der Waals surface area (Å²) in [6.07, 6.45) is 3.68. The monoisotopic (exact) mass is 430 g/mol. The minimum Gasteiger partial charge on any atom is -0.394 e. The van der Waals surface area contributed by atoms with Crippen LogP contribution in [0.1, 0.15) is 36.0 Å². The lowest BCUT2D eigenvalue weighted by atomic mass is 10.1. The van der Waals surface area contributed by atoms with E-state index < -0.39 is 24.5 Å². The number of aromatic nitrogens is 1. The summed E-state index contributed by atoms with van der Waals surface area (Å²) >= 11 is 5.76. The van der Waals surface area contributed by atoms with Crippen LogP contribution in [-0.4, -0.2) is 47.0 Å².